The van der Waals surface area contributed by atoms with Crippen LogP contribution in [0.15, 0.2) is 18.2 Å². The zero-order valence-electron chi connectivity index (χ0n) is 10.5. The number of methoxy groups -OCH3 is 1. The number of hydrogen-bond acceptors (Lipinski definition) is 6. The fraction of sp³-hybridized carbons (Fsp3) is 0.300. The lowest BCUT2D eigenvalue weighted by molar-refractivity contribution is -0.385. The summed E-state index contributed by atoms with van der Waals surface area (Å²) in [5.41, 5.74) is -0.157. The van der Waals surface area contributed by atoms with Gasteiger partial charge in [0.2, 0.25) is 10.0 Å². The molecule has 0 atom stereocenters. The van der Waals surface area contributed by atoms with Gasteiger partial charge in [0.05, 0.1) is 17.8 Å². The summed E-state index contributed by atoms with van der Waals surface area (Å²) in [6.45, 7) is -0.156. The van der Waals surface area contributed by atoms with Crippen LogP contribution in [0.1, 0.15) is 10.4 Å². The van der Waals surface area contributed by atoms with Gasteiger partial charge in [-0.2, -0.15) is 0 Å². The van der Waals surface area contributed by atoms with Gasteiger partial charge in [-0.25, -0.2) is 13.6 Å². The molecule has 0 aliphatic carbocycles. The lowest BCUT2D eigenvalue weighted by Crippen LogP contribution is -2.31. The largest absolute Gasteiger partial charge is 0.490 e. The Kier molecular flexibility index (Phi) is 5.00. The second-order valence-electron chi connectivity index (χ2n) is 3.77. The normalized spacial score (nSPS) is 10.9. The van der Waals surface area contributed by atoms with E-state index < -0.39 is 26.6 Å². The van der Waals surface area contributed by atoms with Crippen LogP contribution >= 0.6 is 0 Å². The second kappa shape index (κ2) is 6.30. The van der Waals surface area contributed by atoms with Crippen molar-refractivity contribution in [3.05, 3.63) is 33.9 Å². The van der Waals surface area contributed by atoms with Gasteiger partial charge < -0.3 is 10.1 Å². The molecule has 0 bridgehead atoms. The summed E-state index contributed by atoms with van der Waals surface area (Å²) in [7, 11) is -2.42. The first-order chi connectivity index (χ1) is 9.24. The number of benzene rings is 1. The number of amides is 1. The van der Waals surface area contributed by atoms with Crippen LogP contribution in [0.5, 0.6) is 5.75 Å². The number of nitrogens with zero attached hydrogens (tertiary/aromatic N) is 1. The van der Waals surface area contributed by atoms with Gasteiger partial charge in [0.25, 0.3) is 5.91 Å². The molecule has 0 aromatic heterocycles. The number of carbonyl (C=O) groups excluding carboxylic acids is 1. The molecule has 1 amide bonds. The SMILES string of the molecule is COc1cc(C(=O)NCCS(N)(=O)=O)ccc1[N+](=O)[O-]. The monoisotopic (exact) mass is 303 g/mol. The molecule has 9 nitrogen and oxygen atoms in total. The molecule has 0 fully saturated rings. The number of rotatable bonds is 6. The van der Waals surface area contributed by atoms with Gasteiger partial charge in [0.15, 0.2) is 5.75 Å². The summed E-state index contributed by atoms with van der Waals surface area (Å²) >= 11 is 0. The number of nitro groups is 1. The van der Waals surface area contributed by atoms with Crippen LogP contribution in [-0.2, 0) is 10.0 Å². The fourth-order valence-electron chi connectivity index (χ4n) is 1.38. The van der Waals surface area contributed by atoms with Crippen molar-refractivity contribution in [1.82, 2.24) is 5.32 Å². The molecule has 0 saturated carbocycles. The van der Waals surface area contributed by atoms with E-state index in [4.69, 9.17) is 9.88 Å². The first-order valence-corrected chi connectivity index (χ1v) is 7.07. The number of nitrogens with two attached hydrogens (primary N) is 1. The van der Waals surface area contributed by atoms with E-state index in [2.05, 4.69) is 5.32 Å². The molecule has 0 heterocycles. The third kappa shape index (κ3) is 4.48. The first kappa shape index (κ1) is 15.9. The number of primary sulfonamides is 1. The van der Waals surface area contributed by atoms with E-state index >= 15 is 0 Å². The van der Waals surface area contributed by atoms with Crippen LogP contribution in [0.2, 0.25) is 0 Å². The summed E-state index contributed by atoms with van der Waals surface area (Å²) in [6, 6.07) is 3.57. The fourth-order valence-corrected chi connectivity index (χ4v) is 1.77. The predicted molar refractivity (Wildman–Crippen MR) is 70.0 cm³/mol. The number of ether oxygens (including phenoxy) is 1. The summed E-state index contributed by atoms with van der Waals surface area (Å²) in [5.74, 6) is -1.04. The molecule has 0 aliphatic heterocycles. The Balaban J connectivity index is 2.81. The minimum Gasteiger partial charge on any atom is -0.490 e. The summed E-state index contributed by atoms with van der Waals surface area (Å²) in [6.07, 6.45) is 0. The van der Waals surface area contributed by atoms with Crippen LogP contribution < -0.4 is 15.2 Å². The average Bonchev–Trinajstić information content (AvgIpc) is 2.36. The van der Waals surface area contributed by atoms with E-state index in [1.54, 1.807) is 0 Å². The highest BCUT2D eigenvalue weighted by molar-refractivity contribution is 7.89. The molecule has 1 rings (SSSR count). The third-order valence-corrected chi connectivity index (χ3v) is 3.08. The van der Waals surface area contributed by atoms with Crippen molar-refractivity contribution >= 4 is 21.6 Å². The molecule has 3 N–H and O–H groups in total. The maximum atomic E-state index is 11.7. The van der Waals surface area contributed by atoms with Crippen molar-refractivity contribution in [2.24, 2.45) is 5.14 Å². The molecule has 20 heavy (non-hydrogen) atoms. The molecule has 0 spiro atoms. The van der Waals surface area contributed by atoms with Crippen molar-refractivity contribution < 1.29 is 22.9 Å². The lowest BCUT2D eigenvalue weighted by atomic mass is 10.2. The van der Waals surface area contributed by atoms with Gasteiger partial charge in [-0.15, -0.1) is 0 Å². The van der Waals surface area contributed by atoms with Crippen molar-refractivity contribution in [2.45, 2.75) is 0 Å². The molecule has 10 heteroatoms. The average molecular weight is 303 g/mol. The standard InChI is InChI=1S/C10H13N3O6S/c1-19-9-6-7(2-3-8(9)13(15)16)10(14)12-4-5-20(11,17)18/h2-3,6H,4-5H2,1H3,(H,12,14)(H2,11,17,18). The number of nitrogens with one attached hydrogen (secondary N) is 1. The molecule has 1 aromatic rings. The Morgan fingerprint density at radius 1 is 1.50 bits per heavy atom. The van der Waals surface area contributed by atoms with Crippen LogP contribution in [0.25, 0.3) is 0 Å². The van der Waals surface area contributed by atoms with Gasteiger partial charge in [-0.1, -0.05) is 0 Å². The number of nitro benzene ring substituents is 1. The van der Waals surface area contributed by atoms with E-state index in [1.807, 2.05) is 0 Å². The van der Waals surface area contributed by atoms with Crippen molar-refractivity contribution in [3.63, 3.8) is 0 Å². The molecule has 0 aliphatic rings. The van der Waals surface area contributed by atoms with Crippen LogP contribution in [0.4, 0.5) is 5.69 Å². The second-order valence-corrected chi connectivity index (χ2v) is 5.50. The smallest absolute Gasteiger partial charge is 0.310 e. The predicted octanol–water partition coefficient (Wildman–Crippen LogP) is -0.378. The summed E-state index contributed by atoms with van der Waals surface area (Å²) in [5, 5.41) is 17.8. The van der Waals surface area contributed by atoms with E-state index in [0.717, 1.165) is 6.07 Å². The van der Waals surface area contributed by atoms with Crippen LogP contribution in [0.3, 0.4) is 0 Å². The Labute approximate surface area is 114 Å². The topological polar surface area (TPSA) is 142 Å². The molecule has 0 unspecified atom stereocenters. The minimum absolute atomic E-state index is 0.0610. The molecule has 1 aromatic carbocycles. The van der Waals surface area contributed by atoms with Crippen LogP contribution in [-0.4, -0.2) is 38.7 Å². The van der Waals surface area contributed by atoms with Gasteiger partial charge in [0.1, 0.15) is 0 Å². The zero-order chi connectivity index (χ0) is 15.3. The minimum atomic E-state index is -3.66. The van der Waals surface area contributed by atoms with Crippen molar-refractivity contribution in [2.75, 3.05) is 19.4 Å². The summed E-state index contributed by atoms with van der Waals surface area (Å²) in [4.78, 5) is 21.8. The highest BCUT2D eigenvalue weighted by atomic mass is 32.2. The van der Waals surface area contributed by atoms with E-state index in [9.17, 15) is 23.3 Å². The van der Waals surface area contributed by atoms with Crippen molar-refractivity contribution in [3.8, 4) is 5.75 Å². The molecule has 110 valence electrons. The highest BCUT2D eigenvalue weighted by Crippen LogP contribution is 2.27. The van der Waals surface area contributed by atoms with Gasteiger partial charge in [-0.05, 0) is 6.07 Å². The van der Waals surface area contributed by atoms with E-state index in [1.165, 1.54) is 19.2 Å². The quantitative estimate of drug-likeness (QED) is 0.542. The Bertz CT molecular complexity index is 628. The van der Waals surface area contributed by atoms with Crippen LogP contribution in [0, 0.1) is 10.1 Å². The first-order valence-electron chi connectivity index (χ1n) is 5.35. The molecular formula is C10H13N3O6S. The molecule has 0 radical (unpaired) electrons. The Morgan fingerprint density at radius 2 is 2.15 bits per heavy atom. The Morgan fingerprint density at radius 3 is 2.65 bits per heavy atom. The number of hydrogen-bond donors (Lipinski definition) is 2. The van der Waals surface area contributed by atoms with E-state index in [-0.39, 0.29) is 23.5 Å². The van der Waals surface area contributed by atoms with Crippen molar-refractivity contribution in [1.29, 1.82) is 0 Å². The highest BCUT2D eigenvalue weighted by Gasteiger charge is 2.17. The molecule has 0 saturated heterocycles. The number of sulfonamides is 1. The zero-order valence-corrected chi connectivity index (χ0v) is 11.3. The van der Waals surface area contributed by atoms with E-state index in [0.29, 0.717) is 0 Å². The Hall–Kier alpha value is -2.20. The third-order valence-electron chi connectivity index (χ3n) is 2.31. The summed E-state index contributed by atoms with van der Waals surface area (Å²) < 4.78 is 26.2. The maximum Gasteiger partial charge on any atom is 0.310 e. The van der Waals surface area contributed by atoms with Gasteiger partial charge in [-0.3, -0.25) is 14.9 Å². The molecular weight excluding hydrogens is 290 g/mol. The maximum absolute atomic E-state index is 11.7. The lowest BCUT2D eigenvalue weighted by Gasteiger charge is -2.06. The van der Waals surface area contributed by atoms with Gasteiger partial charge in [0, 0.05) is 24.2 Å². The number of carbonyl (C=O) groups is 1. The van der Waals surface area contributed by atoms with Gasteiger partial charge >= 0.3 is 5.69 Å².